The summed E-state index contributed by atoms with van der Waals surface area (Å²) in [5, 5.41) is 9.41. The number of nitrogens with zero attached hydrogens (tertiary/aromatic N) is 3. The summed E-state index contributed by atoms with van der Waals surface area (Å²) < 4.78 is 20.7. The third-order valence-electron chi connectivity index (χ3n) is 4.31. The van der Waals surface area contributed by atoms with E-state index in [0.717, 1.165) is 22.9 Å². The summed E-state index contributed by atoms with van der Waals surface area (Å²) in [7, 11) is 0. The standard InChI is InChI=1S/C22H19FN3O2/c1-2-13-27-24-20(15-26-12-11-17-5-3-4-6-21(17)26)22-14-19(25-28-22)16-7-9-18(23)10-8-16/h3-10,12,14H,2,13,15H2,1H3/b24-20+. The highest BCUT2D eigenvalue weighted by Crippen LogP contribution is 2.21. The predicted molar refractivity (Wildman–Crippen MR) is 105 cm³/mol. The van der Waals surface area contributed by atoms with Crippen molar-refractivity contribution in [2.24, 2.45) is 5.16 Å². The zero-order valence-electron chi connectivity index (χ0n) is 15.4. The van der Waals surface area contributed by atoms with Gasteiger partial charge in [0.1, 0.15) is 23.8 Å². The third kappa shape index (κ3) is 3.81. The van der Waals surface area contributed by atoms with Crippen molar-refractivity contribution in [1.29, 1.82) is 0 Å². The summed E-state index contributed by atoms with van der Waals surface area (Å²) in [6.45, 7) is 2.98. The summed E-state index contributed by atoms with van der Waals surface area (Å²) in [5.74, 6) is 0.214. The Morgan fingerprint density at radius 3 is 2.86 bits per heavy atom. The summed E-state index contributed by atoms with van der Waals surface area (Å²) in [6.07, 6.45) is 2.74. The van der Waals surface area contributed by atoms with Crippen LogP contribution in [0.15, 0.2) is 70.5 Å². The van der Waals surface area contributed by atoms with E-state index in [-0.39, 0.29) is 5.82 Å². The van der Waals surface area contributed by atoms with Crippen LogP contribution in [0.3, 0.4) is 0 Å². The second kappa shape index (κ2) is 8.08. The summed E-state index contributed by atoms with van der Waals surface area (Å²) >= 11 is 0. The molecule has 2 heterocycles. The highest BCUT2D eigenvalue weighted by Gasteiger charge is 2.15. The van der Waals surface area contributed by atoms with Gasteiger partial charge in [-0.05, 0) is 36.8 Å². The maximum absolute atomic E-state index is 13.2. The van der Waals surface area contributed by atoms with E-state index in [9.17, 15) is 4.39 Å². The number of oxime groups is 1. The van der Waals surface area contributed by atoms with Crippen LogP contribution in [0, 0.1) is 11.9 Å². The van der Waals surface area contributed by atoms with E-state index in [1.54, 1.807) is 18.2 Å². The first-order valence-corrected chi connectivity index (χ1v) is 9.12. The molecular formula is C22H19FN3O2. The Morgan fingerprint density at radius 2 is 2.04 bits per heavy atom. The Kier molecular flexibility index (Phi) is 5.19. The Morgan fingerprint density at radius 1 is 1.21 bits per heavy atom. The van der Waals surface area contributed by atoms with Gasteiger partial charge in [0.25, 0.3) is 0 Å². The van der Waals surface area contributed by atoms with Crippen LogP contribution in [-0.2, 0) is 11.4 Å². The van der Waals surface area contributed by atoms with Crippen molar-refractivity contribution in [2.75, 3.05) is 6.61 Å². The number of para-hydroxylation sites is 1. The summed E-state index contributed by atoms with van der Waals surface area (Å²) in [5.41, 5.74) is 3.04. The summed E-state index contributed by atoms with van der Waals surface area (Å²) in [4.78, 5) is 5.42. The average Bonchev–Trinajstić information content (AvgIpc) is 3.36. The highest BCUT2D eigenvalue weighted by atomic mass is 19.1. The Labute approximate surface area is 162 Å². The van der Waals surface area contributed by atoms with Crippen LogP contribution in [0.2, 0.25) is 0 Å². The normalized spacial score (nSPS) is 11.9. The molecule has 0 unspecified atom stereocenters. The lowest BCUT2D eigenvalue weighted by Gasteiger charge is -2.06. The molecule has 5 nitrogen and oxygen atoms in total. The Bertz CT molecular complexity index is 1100. The van der Waals surface area contributed by atoms with Gasteiger partial charge in [-0.2, -0.15) is 0 Å². The first kappa shape index (κ1) is 18.0. The minimum Gasteiger partial charge on any atom is -0.395 e. The molecule has 0 saturated heterocycles. The lowest BCUT2D eigenvalue weighted by Crippen LogP contribution is -2.11. The van der Waals surface area contributed by atoms with Crippen molar-refractivity contribution >= 4 is 16.6 Å². The van der Waals surface area contributed by atoms with E-state index in [2.05, 4.69) is 16.4 Å². The van der Waals surface area contributed by atoms with Gasteiger partial charge in [0, 0.05) is 34.8 Å². The van der Waals surface area contributed by atoms with Gasteiger partial charge >= 0.3 is 0 Å². The van der Waals surface area contributed by atoms with E-state index in [4.69, 9.17) is 9.36 Å². The second-order valence-corrected chi connectivity index (χ2v) is 6.37. The first-order chi connectivity index (χ1) is 13.7. The molecule has 0 aliphatic carbocycles. The lowest BCUT2D eigenvalue weighted by atomic mass is 10.1. The zero-order valence-corrected chi connectivity index (χ0v) is 15.4. The van der Waals surface area contributed by atoms with Gasteiger partial charge in [-0.3, -0.25) is 0 Å². The number of hydrogen-bond acceptors (Lipinski definition) is 4. The Hall–Kier alpha value is -3.41. The first-order valence-electron chi connectivity index (χ1n) is 9.12. The van der Waals surface area contributed by atoms with Gasteiger partial charge in [0.15, 0.2) is 5.76 Å². The fraction of sp³-hybridized carbons (Fsp3) is 0.182. The van der Waals surface area contributed by atoms with Gasteiger partial charge in [-0.25, -0.2) is 4.39 Å². The topological polar surface area (TPSA) is 52.5 Å². The molecule has 0 aliphatic heterocycles. The molecule has 4 aromatic rings. The maximum atomic E-state index is 13.2. The number of fused-ring (bicyclic) bond motifs is 1. The zero-order chi connectivity index (χ0) is 19.3. The van der Waals surface area contributed by atoms with E-state index >= 15 is 0 Å². The number of aromatic nitrogens is 2. The number of hydrogen-bond donors (Lipinski definition) is 0. The molecule has 2 aromatic carbocycles. The lowest BCUT2D eigenvalue weighted by molar-refractivity contribution is 0.144. The van der Waals surface area contributed by atoms with Gasteiger partial charge in [0.05, 0.1) is 6.54 Å². The van der Waals surface area contributed by atoms with E-state index in [1.807, 2.05) is 42.0 Å². The second-order valence-electron chi connectivity index (χ2n) is 6.37. The van der Waals surface area contributed by atoms with Crippen molar-refractivity contribution in [1.82, 2.24) is 9.72 Å². The quantitative estimate of drug-likeness (QED) is 0.257. The molecular weight excluding hydrogens is 357 g/mol. The smallest absolute Gasteiger partial charge is 0.186 e. The fourth-order valence-corrected chi connectivity index (χ4v) is 2.89. The molecule has 6 heteroatoms. The molecule has 0 atom stereocenters. The van der Waals surface area contributed by atoms with Crippen molar-refractivity contribution in [3.05, 3.63) is 78.4 Å². The van der Waals surface area contributed by atoms with Crippen molar-refractivity contribution in [3.63, 3.8) is 0 Å². The van der Waals surface area contributed by atoms with Gasteiger partial charge in [-0.1, -0.05) is 35.4 Å². The minimum atomic E-state index is -0.293. The van der Waals surface area contributed by atoms with Crippen LogP contribution in [0.1, 0.15) is 19.1 Å². The molecule has 0 spiro atoms. The van der Waals surface area contributed by atoms with Crippen LogP contribution in [0.5, 0.6) is 0 Å². The van der Waals surface area contributed by atoms with Crippen LogP contribution in [0.25, 0.3) is 22.2 Å². The molecule has 1 radical (unpaired) electrons. The molecule has 0 saturated carbocycles. The van der Waals surface area contributed by atoms with Crippen LogP contribution in [0.4, 0.5) is 4.39 Å². The largest absolute Gasteiger partial charge is 0.395 e. The predicted octanol–water partition coefficient (Wildman–Crippen LogP) is 5.07. The maximum Gasteiger partial charge on any atom is 0.186 e. The third-order valence-corrected chi connectivity index (χ3v) is 4.31. The molecule has 0 fully saturated rings. The minimum absolute atomic E-state index is 0.293. The van der Waals surface area contributed by atoms with E-state index in [0.29, 0.717) is 30.3 Å². The average molecular weight is 376 g/mol. The van der Waals surface area contributed by atoms with Gasteiger partial charge in [-0.15, -0.1) is 0 Å². The number of halogens is 1. The number of rotatable bonds is 7. The van der Waals surface area contributed by atoms with Crippen LogP contribution >= 0.6 is 0 Å². The SMILES string of the molecule is CCCO/N=C(\Cn1c[c]c2ccccc21)c1cc(-c2ccc(F)cc2)no1. The molecule has 0 bridgehead atoms. The summed E-state index contributed by atoms with van der Waals surface area (Å²) in [6, 6.07) is 19.1. The molecule has 4 rings (SSSR count). The molecule has 0 amide bonds. The van der Waals surface area contributed by atoms with Crippen molar-refractivity contribution in [3.8, 4) is 11.3 Å². The number of benzene rings is 2. The molecule has 0 N–H and O–H groups in total. The van der Waals surface area contributed by atoms with E-state index in [1.165, 1.54) is 12.1 Å². The molecule has 141 valence electrons. The Balaban J connectivity index is 1.65. The van der Waals surface area contributed by atoms with Gasteiger partial charge < -0.3 is 13.9 Å². The van der Waals surface area contributed by atoms with Crippen molar-refractivity contribution < 1.29 is 13.8 Å². The molecule has 0 aliphatic rings. The fourth-order valence-electron chi connectivity index (χ4n) is 2.89. The molecule has 28 heavy (non-hydrogen) atoms. The van der Waals surface area contributed by atoms with Crippen LogP contribution < -0.4 is 0 Å². The molecule has 2 aromatic heterocycles. The highest BCUT2D eigenvalue weighted by molar-refractivity contribution is 5.99. The van der Waals surface area contributed by atoms with Crippen molar-refractivity contribution in [2.45, 2.75) is 19.9 Å². The van der Waals surface area contributed by atoms with Gasteiger partial charge in [0.2, 0.25) is 0 Å². The van der Waals surface area contributed by atoms with E-state index < -0.39 is 0 Å². The van der Waals surface area contributed by atoms with Crippen LogP contribution in [-0.4, -0.2) is 22.0 Å². The monoisotopic (exact) mass is 376 g/mol.